The van der Waals surface area contributed by atoms with Crippen molar-refractivity contribution in [1.82, 2.24) is 0 Å². The number of Topliss-reactive ketones (excluding diaryl/α,β-unsaturated/α-hetero) is 1. The van der Waals surface area contributed by atoms with Gasteiger partial charge in [-0.05, 0) is 42.0 Å². The lowest BCUT2D eigenvalue weighted by molar-refractivity contribution is 0.0985. The fourth-order valence-electron chi connectivity index (χ4n) is 1.86. The van der Waals surface area contributed by atoms with Crippen LogP contribution in [0.1, 0.15) is 21.3 Å². The third-order valence-electron chi connectivity index (χ3n) is 3.07. The number of hydrogen-bond acceptors (Lipinski definition) is 2. The summed E-state index contributed by atoms with van der Waals surface area (Å²) in [4.78, 5) is 12.3. The van der Waals surface area contributed by atoms with Crippen LogP contribution in [0.15, 0.2) is 48.5 Å². The molecular formula is C16H13Cl3O2. The summed E-state index contributed by atoms with van der Waals surface area (Å²) in [6.45, 7) is 0. The minimum absolute atomic E-state index is 0.228. The molecule has 21 heavy (non-hydrogen) atoms. The number of hydrogen-bond donors (Lipinski definition) is 0. The molecule has 0 aromatic heterocycles. The molecule has 2 rings (SSSR count). The van der Waals surface area contributed by atoms with Crippen molar-refractivity contribution in [3.05, 3.63) is 64.7 Å². The van der Waals surface area contributed by atoms with Crippen molar-refractivity contribution < 1.29 is 9.53 Å². The molecule has 2 atom stereocenters. The molecule has 0 saturated carbocycles. The summed E-state index contributed by atoms with van der Waals surface area (Å²) in [6.07, 6.45) is 0. The van der Waals surface area contributed by atoms with Gasteiger partial charge in [0.05, 0.1) is 12.5 Å². The van der Waals surface area contributed by atoms with Gasteiger partial charge in [-0.1, -0.05) is 23.7 Å². The van der Waals surface area contributed by atoms with Crippen LogP contribution in [0.5, 0.6) is 5.75 Å². The van der Waals surface area contributed by atoms with E-state index >= 15 is 0 Å². The lowest BCUT2D eigenvalue weighted by Crippen LogP contribution is -2.20. The van der Waals surface area contributed by atoms with Crippen LogP contribution in [0.4, 0.5) is 0 Å². The first kappa shape index (κ1) is 16.2. The maximum atomic E-state index is 12.3. The minimum Gasteiger partial charge on any atom is -0.497 e. The van der Waals surface area contributed by atoms with Gasteiger partial charge >= 0.3 is 0 Å². The average Bonchev–Trinajstić information content (AvgIpc) is 2.53. The summed E-state index contributed by atoms with van der Waals surface area (Å²) in [5.41, 5.74) is 1.25. The van der Waals surface area contributed by atoms with Crippen LogP contribution in [0, 0.1) is 0 Å². The molecule has 5 heteroatoms. The van der Waals surface area contributed by atoms with Crippen LogP contribution >= 0.6 is 34.8 Å². The van der Waals surface area contributed by atoms with E-state index in [1.54, 1.807) is 55.6 Å². The molecule has 0 saturated heterocycles. The molecule has 0 aliphatic rings. The van der Waals surface area contributed by atoms with E-state index in [4.69, 9.17) is 39.5 Å². The van der Waals surface area contributed by atoms with Gasteiger partial charge in [0.2, 0.25) is 0 Å². The molecule has 2 aromatic rings. The Morgan fingerprint density at radius 2 is 1.57 bits per heavy atom. The van der Waals surface area contributed by atoms with Crippen LogP contribution in [0.2, 0.25) is 5.02 Å². The van der Waals surface area contributed by atoms with Crippen LogP contribution < -0.4 is 4.74 Å². The Morgan fingerprint density at radius 3 is 2.10 bits per heavy atom. The van der Waals surface area contributed by atoms with E-state index in [1.807, 2.05) is 0 Å². The van der Waals surface area contributed by atoms with E-state index in [2.05, 4.69) is 0 Å². The standard InChI is InChI=1S/C16H13Cl3O2/c1-21-13-8-4-11(5-9-13)16(20)15(19)14(18)10-2-6-12(17)7-3-10/h2-9,14-15H,1H3. The summed E-state index contributed by atoms with van der Waals surface area (Å²) in [7, 11) is 1.57. The number of rotatable bonds is 5. The Labute approximate surface area is 138 Å². The third kappa shape index (κ3) is 3.91. The average molecular weight is 344 g/mol. The van der Waals surface area contributed by atoms with Crippen LogP contribution in [0.25, 0.3) is 0 Å². The molecular weight excluding hydrogens is 331 g/mol. The first-order valence-corrected chi connectivity index (χ1v) is 7.50. The van der Waals surface area contributed by atoms with E-state index in [-0.39, 0.29) is 5.78 Å². The van der Waals surface area contributed by atoms with E-state index in [1.165, 1.54) is 0 Å². The van der Waals surface area contributed by atoms with Gasteiger partial charge in [0.15, 0.2) is 5.78 Å². The van der Waals surface area contributed by atoms with Crippen molar-refractivity contribution in [1.29, 1.82) is 0 Å². The Balaban J connectivity index is 2.15. The molecule has 0 amide bonds. The topological polar surface area (TPSA) is 26.3 Å². The van der Waals surface area contributed by atoms with Gasteiger partial charge in [-0.2, -0.15) is 0 Å². The van der Waals surface area contributed by atoms with Crippen molar-refractivity contribution in [2.24, 2.45) is 0 Å². The number of carbonyl (C=O) groups is 1. The van der Waals surface area contributed by atoms with Gasteiger partial charge in [-0.3, -0.25) is 4.79 Å². The number of ketones is 1. The van der Waals surface area contributed by atoms with Crippen LogP contribution in [0.3, 0.4) is 0 Å². The molecule has 0 spiro atoms. The highest BCUT2D eigenvalue weighted by molar-refractivity contribution is 6.39. The normalized spacial score (nSPS) is 13.5. The minimum atomic E-state index is -0.860. The van der Waals surface area contributed by atoms with Crippen molar-refractivity contribution >= 4 is 40.6 Å². The van der Waals surface area contributed by atoms with Crippen LogP contribution in [-0.4, -0.2) is 18.3 Å². The van der Waals surface area contributed by atoms with Gasteiger partial charge in [0, 0.05) is 10.6 Å². The smallest absolute Gasteiger partial charge is 0.182 e. The van der Waals surface area contributed by atoms with E-state index < -0.39 is 10.8 Å². The quantitative estimate of drug-likeness (QED) is 0.556. The molecule has 0 heterocycles. The second-order valence-electron chi connectivity index (χ2n) is 4.45. The second kappa shape index (κ2) is 7.17. The van der Waals surface area contributed by atoms with Gasteiger partial charge < -0.3 is 4.74 Å². The van der Waals surface area contributed by atoms with E-state index in [0.717, 1.165) is 5.56 Å². The molecule has 0 aliphatic carbocycles. The van der Waals surface area contributed by atoms with Gasteiger partial charge in [-0.15, -0.1) is 23.2 Å². The maximum absolute atomic E-state index is 12.3. The molecule has 0 bridgehead atoms. The van der Waals surface area contributed by atoms with Gasteiger partial charge in [0.25, 0.3) is 0 Å². The Hall–Kier alpha value is -1.22. The lowest BCUT2D eigenvalue weighted by atomic mass is 10.0. The monoisotopic (exact) mass is 342 g/mol. The fraction of sp³-hybridized carbons (Fsp3) is 0.188. The number of methoxy groups -OCH3 is 1. The highest BCUT2D eigenvalue weighted by atomic mass is 35.5. The Bertz CT molecular complexity index is 608. The SMILES string of the molecule is COc1ccc(C(=O)C(Cl)C(Cl)c2ccc(Cl)cc2)cc1. The first-order valence-electron chi connectivity index (χ1n) is 6.25. The predicted octanol–water partition coefficient (Wildman–Crippen LogP) is 5.12. The third-order valence-corrected chi connectivity index (χ3v) is 4.41. The molecule has 2 nitrogen and oxygen atoms in total. The lowest BCUT2D eigenvalue weighted by Gasteiger charge is -2.16. The summed E-state index contributed by atoms with van der Waals surface area (Å²) >= 11 is 18.3. The zero-order chi connectivity index (χ0) is 15.4. The molecule has 2 aromatic carbocycles. The maximum Gasteiger partial charge on any atom is 0.182 e. The van der Waals surface area contributed by atoms with Gasteiger partial charge in [-0.25, -0.2) is 0 Å². The first-order chi connectivity index (χ1) is 10.0. The second-order valence-corrected chi connectivity index (χ2v) is 5.82. The highest BCUT2D eigenvalue weighted by Crippen LogP contribution is 2.31. The summed E-state index contributed by atoms with van der Waals surface area (Å²) in [5, 5.41) is -0.880. The molecule has 2 unspecified atom stereocenters. The summed E-state index contributed by atoms with van der Waals surface area (Å²) < 4.78 is 5.05. The molecule has 0 radical (unpaired) electrons. The summed E-state index contributed by atoms with van der Waals surface area (Å²) in [6, 6.07) is 13.7. The van der Waals surface area contributed by atoms with Crippen molar-refractivity contribution in [3.8, 4) is 5.75 Å². The fourth-order valence-corrected chi connectivity index (χ4v) is 2.52. The molecule has 0 N–H and O–H groups in total. The number of alkyl halides is 2. The predicted molar refractivity (Wildman–Crippen MR) is 87.0 cm³/mol. The Morgan fingerprint density at radius 1 is 1.00 bits per heavy atom. The molecule has 0 aliphatic heterocycles. The van der Waals surface area contributed by atoms with Crippen molar-refractivity contribution in [2.75, 3.05) is 7.11 Å². The van der Waals surface area contributed by atoms with Gasteiger partial charge in [0.1, 0.15) is 11.1 Å². The van der Waals surface area contributed by atoms with Crippen LogP contribution in [-0.2, 0) is 0 Å². The van der Waals surface area contributed by atoms with E-state index in [9.17, 15) is 4.79 Å². The van der Waals surface area contributed by atoms with Crippen molar-refractivity contribution in [2.45, 2.75) is 10.8 Å². The Kier molecular flexibility index (Phi) is 5.51. The largest absolute Gasteiger partial charge is 0.497 e. The number of ether oxygens (including phenoxy) is 1. The summed E-state index contributed by atoms with van der Waals surface area (Å²) in [5.74, 6) is 0.451. The van der Waals surface area contributed by atoms with E-state index in [0.29, 0.717) is 16.3 Å². The molecule has 0 fully saturated rings. The zero-order valence-electron chi connectivity index (χ0n) is 11.2. The zero-order valence-corrected chi connectivity index (χ0v) is 13.5. The van der Waals surface area contributed by atoms with Crippen molar-refractivity contribution in [3.63, 3.8) is 0 Å². The highest BCUT2D eigenvalue weighted by Gasteiger charge is 2.26. The number of carbonyl (C=O) groups excluding carboxylic acids is 1. The number of benzene rings is 2. The number of halogens is 3. The molecule has 110 valence electrons.